The molecule has 0 fully saturated rings. The van der Waals surface area contributed by atoms with E-state index in [0.717, 1.165) is 43.1 Å². The molecule has 0 radical (unpaired) electrons. The number of rotatable bonds is 9. The minimum absolute atomic E-state index is 0.286. The molecule has 2 rings (SSSR count). The number of hydrogen-bond donors (Lipinski definition) is 0. The van der Waals surface area contributed by atoms with E-state index in [9.17, 15) is 0 Å². The lowest BCUT2D eigenvalue weighted by molar-refractivity contribution is 0.0503. The predicted molar refractivity (Wildman–Crippen MR) is 86.8 cm³/mol. The van der Waals surface area contributed by atoms with E-state index in [0.29, 0.717) is 12.7 Å². The molecular weight excluding hydrogens is 280 g/mol. The monoisotopic (exact) mass is 306 g/mol. The summed E-state index contributed by atoms with van der Waals surface area (Å²) < 4.78 is 22.1. The molecule has 122 valence electrons. The van der Waals surface area contributed by atoms with Gasteiger partial charge in [-0.15, -0.1) is 0 Å². The quantitative estimate of drug-likeness (QED) is 0.636. The summed E-state index contributed by atoms with van der Waals surface area (Å²) in [6.07, 6.45) is 5.58. The summed E-state index contributed by atoms with van der Waals surface area (Å²) in [5.74, 6) is 2.32. The van der Waals surface area contributed by atoms with Gasteiger partial charge in [0.15, 0.2) is 11.5 Å². The molecule has 0 spiro atoms. The summed E-state index contributed by atoms with van der Waals surface area (Å²) in [5, 5.41) is 0. The standard InChI is InChI=1S/C18H26O4/c1-4-15(5-2)19-10-8-14(3)9-11-20-16-6-7-17-18(12-16)22-13-21-17/h6-7,9,12,15H,4-5,8,10-11,13H2,1-3H3. The first-order valence-corrected chi connectivity index (χ1v) is 8.02. The molecule has 0 aromatic heterocycles. The van der Waals surface area contributed by atoms with Crippen LogP contribution in [0.15, 0.2) is 29.8 Å². The summed E-state index contributed by atoms with van der Waals surface area (Å²) >= 11 is 0. The van der Waals surface area contributed by atoms with Gasteiger partial charge in [0.25, 0.3) is 0 Å². The van der Waals surface area contributed by atoms with Crippen molar-refractivity contribution in [1.29, 1.82) is 0 Å². The van der Waals surface area contributed by atoms with Gasteiger partial charge in [-0.05, 0) is 44.4 Å². The zero-order valence-corrected chi connectivity index (χ0v) is 13.8. The Balaban J connectivity index is 1.70. The number of benzene rings is 1. The van der Waals surface area contributed by atoms with Crippen molar-refractivity contribution in [3.05, 3.63) is 29.8 Å². The van der Waals surface area contributed by atoms with Crippen LogP contribution >= 0.6 is 0 Å². The molecule has 0 amide bonds. The van der Waals surface area contributed by atoms with Crippen LogP contribution in [-0.2, 0) is 4.74 Å². The third-order valence-electron chi connectivity index (χ3n) is 3.79. The zero-order valence-electron chi connectivity index (χ0n) is 13.8. The van der Waals surface area contributed by atoms with Crippen LogP contribution in [0.5, 0.6) is 17.2 Å². The van der Waals surface area contributed by atoms with Gasteiger partial charge in [0.05, 0.1) is 12.7 Å². The van der Waals surface area contributed by atoms with Gasteiger partial charge in [0.2, 0.25) is 6.79 Å². The highest BCUT2D eigenvalue weighted by molar-refractivity contribution is 5.46. The lowest BCUT2D eigenvalue weighted by Crippen LogP contribution is -2.11. The van der Waals surface area contributed by atoms with Crippen molar-refractivity contribution in [2.75, 3.05) is 20.0 Å². The highest BCUT2D eigenvalue weighted by Gasteiger charge is 2.13. The van der Waals surface area contributed by atoms with Crippen molar-refractivity contribution in [3.8, 4) is 17.2 Å². The van der Waals surface area contributed by atoms with Gasteiger partial charge in [-0.25, -0.2) is 0 Å². The smallest absolute Gasteiger partial charge is 0.231 e. The second-order valence-electron chi connectivity index (χ2n) is 5.44. The molecule has 0 N–H and O–H groups in total. The van der Waals surface area contributed by atoms with Crippen molar-refractivity contribution in [2.45, 2.75) is 46.1 Å². The van der Waals surface area contributed by atoms with Gasteiger partial charge in [0.1, 0.15) is 12.4 Å². The van der Waals surface area contributed by atoms with E-state index < -0.39 is 0 Å². The molecule has 0 aliphatic carbocycles. The van der Waals surface area contributed by atoms with Crippen LogP contribution in [0, 0.1) is 0 Å². The number of fused-ring (bicyclic) bond motifs is 1. The lowest BCUT2D eigenvalue weighted by atomic mass is 10.2. The van der Waals surface area contributed by atoms with E-state index >= 15 is 0 Å². The molecule has 1 aromatic rings. The highest BCUT2D eigenvalue weighted by Crippen LogP contribution is 2.35. The molecular formula is C18H26O4. The Labute approximate surface area is 133 Å². The fourth-order valence-corrected chi connectivity index (χ4v) is 2.26. The van der Waals surface area contributed by atoms with Gasteiger partial charge >= 0.3 is 0 Å². The zero-order chi connectivity index (χ0) is 15.8. The number of hydrogen-bond acceptors (Lipinski definition) is 4. The first kappa shape index (κ1) is 16.7. The van der Waals surface area contributed by atoms with Crippen LogP contribution in [0.2, 0.25) is 0 Å². The maximum absolute atomic E-state index is 5.81. The minimum Gasteiger partial charge on any atom is -0.489 e. The second-order valence-corrected chi connectivity index (χ2v) is 5.44. The Bertz CT molecular complexity index is 492. The molecule has 1 aliphatic rings. The predicted octanol–water partition coefficient (Wildman–Crippen LogP) is 4.34. The van der Waals surface area contributed by atoms with Crippen LogP contribution < -0.4 is 14.2 Å². The van der Waals surface area contributed by atoms with Crippen LogP contribution in [-0.4, -0.2) is 26.1 Å². The molecule has 1 aliphatic heterocycles. The molecule has 4 nitrogen and oxygen atoms in total. The fraction of sp³-hybridized carbons (Fsp3) is 0.556. The maximum Gasteiger partial charge on any atom is 0.231 e. The van der Waals surface area contributed by atoms with E-state index in [4.69, 9.17) is 18.9 Å². The number of ether oxygens (including phenoxy) is 4. The molecule has 0 atom stereocenters. The molecule has 0 saturated carbocycles. The van der Waals surface area contributed by atoms with Crippen LogP contribution in [0.4, 0.5) is 0 Å². The Morgan fingerprint density at radius 3 is 2.77 bits per heavy atom. The Morgan fingerprint density at radius 1 is 1.23 bits per heavy atom. The largest absolute Gasteiger partial charge is 0.489 e. The van der Waals surface area contributed by atoms with Crippen molar-refractivity contribution in [1.82, 2.24) is 0 Å². The summed E-state index contributed by atoms with van der Waals surface area (Å²) in [5.41, 5.74) is 1.28. The maximum atomic E-state index is 5.81. The molecule has 0 saturated heterocycles. The molecule has 1 heterocycles. The Morgan fingerprint density at radius 2 is 2.00 bits per heavy atom. The van der Waals surface area contributed by atoms with Crippen molar-refractivity contribution in [2.24, 2.45) is 0 Å². The fourth-order valence-electron chi connectivity index (χ4n) is 2.26. The SMILES string of the molecule is CCC(CC)OCCC(C)=CCOc1ccc2c(c1)OCO2. The molecule has 4 heteroatoms. The van der Waals surface area contributed by atoms with Crippen LogP contribution in [0.3, 0.4) is 0 Å². The minimum atomic E-state index is 0.286. The average molecular weight is 306 g/mol. The highest BCUT2D eigenvalue weighted by atomic mass is 16.7. The summed E-state index contributed by atoms with van der Waals surface area (Å²) in [6, 6.07) is 5.63. The first-order chi connectivity index (χ1) is 10.7. The lowest BCUT2D eigenvalue weighted by Gasteiger charge is -2.13. The summed E-state index contributed by atoms with van der Waals surface area (Å²) in [4.78, 5) is 0. The van der Waals surface area contributed by atoms with E-state index in [-0.39, 0.29) is 6.79 Å². The summed E-state index contributed by atoms with van der Waals surface area (Å²) in [7, 11) is 0. The molecule has 1 aromatic carbocycles. The van der Waals surface area contributed by atoms with Gasteiger partial charge in [-0.3, -0.25) is 0 Å². The van der Waals surface area contributed by atoms with E-state index in [1.165, 1.54) is 5.57 Å². The van der Waals surface area contributed by atoms with E-state index in [1.807, 2.05) is 18.2 Å². The van der Waals surface area contributed by atoms with Gasteiger partial charge in [-0.2, -0.15) is 0 Å². The van der Waals surface area contributed by atoms with Gasteiger partial charge in [-0.1, -0.05) is 19.4 Å². The van der Waals surface area contributed by atoms with Crippen molar-refractivity contribution >= 4 is 0 Å². The van der Waals surface area contributed by atoms with Crippen LogP contribution in [0.1, 0.15) is 40.0 Å². The first-order valence-electron chi connectivity index (χ1n) is 8.02. The Hall–Kier alpha value is -1.68. The molecule has 22 heavy (non-hydrogen) atoms. The molecule has 0 unspecified atom stereocenters. The van der Waals surface area contributed by atoms with Crippen molar-refractivity contribution in [3.63, 3.8) is 0 Å². The van der Waals surface area contributed by atoms with Gasteiger partial charge in [0, 0.05) is 6.07 Å². The third kappa shape index (κ3) is 4.95. The van der Waals surface area contributed by atoms with Crippen LogP contribution in [0.25, 0.3) is 0 Å². The topological polar surface area (TPSA) is 36.9 Å². The average Bonchev–Trinajstić information content (AvgIpc) is 2.99. The second kappa shape index (κ2) is 8.69. The Kier molecular flexibility index (Phi) is 6.59. The third-order valence-corrected chi connectivity index (χ3v) is 3.79. The molecule has 0 bridgehead atoms. The van der Waals surface area contributed by atoms with E-state index in [1.54, 1.807) is 0 Å². The van der Waals surface area contributed by atoms with Crippen molar-refractivity contribution < 1.29 is 18.9 Å². The summed E-state index contributed by atoms with van der Waals surface area (Å²) in [6.45, 7) is 8.05. The van der Waals surface area contributed by atoms with Gasteiger partial charge < -0.3 is 18.9 Å². The normalized spacial score (nSPS) is 13.7. The van der Waals surface area contributed by atoms with E-state index in [2.05, 4.69) is 26.8 Å².